The Bertz CT molecular complexity index is 299. The summed E-state index contributed by atoms with van der Waals surface area (Å²) in [5, 5.41) is 0. The fraction of sp³-hybridized carbons (Fsp3) is 0.455. The Hall–Kier alpha value is -0.770. The van der Waals surface area contributed by atoms with Crippen LogP contribution in [0.2, 0.25) is 0 Å². The van der Waals surface area contributed by atoms with E-state index in [-0.39, 0.29) is 11.6 Å². The van der Waals surface area contributed by atoms with E-state index >= 15 is 0 Å². The normalized spacial score (nSPS) is 9.00. The van der Waals surface area contributed by atoms with Crippen LogP contribution < -0.4 is 9.47 Å². The van der Waals surface area contributed by atoms with E-state index in [9.17, 15) is 4.39 Å². The molecule has 0 fully saturated rings. The third kappa shape index (κ3) is 3.09. The maximum Gasteiger partial charge on any atom is 0.169 e. The molecule has 0 N–H and O–H groups in total. The Morgan fingerprint density at radius 1 is 1.13 bits per heavy atom. The summed E-state index contributed by atoms with van der Waals surface area (Å²) in [6.07, 6.45) is 0. The fourth-order valence-corrected chi connectivity index (χ4v) is 1.46. The first kappa shape index (κ1) is 14.2. The van der Waals surface area contributed by atoms with Gasteiger partial charge in [-0.05, 0) is 22.9 Å². The summed E-state index contributed by atoms with van der Waals surface area (Å²) in [7, 11) is 2.95. The lowest BCUT2D eigenvalue weighted by Gasteiger charge is -2.10. The van der Waals surface area contributed by atoms with Crippen molar-refractivity contribution in [3.8, 4) is 11.5 Å². The molecule has 0 aliphatic heterocycles. The van der Waals surface area contributed by atoms with Crippen molar-refractivity contribution in [2.45, 2.75) is 20.8 Å². The van der Waals surface area contributed by atoms with Crippen molar-refractivity contribution in [1.29, 1.82) is 0 Å². The monoisotopic (exact) mass is 278 g/mol. The summed E-state index contributed by atoms with van der Waals surface area (Å²) in [6.45, 7) is 5.66. The molecular weight excluding hydrogens is 263 g/mol. The maximum absolute atomic E-state index is 13.4. The first-order valence-electron chi connectivity index (χ1n) is 4.68. The van der Waals surface area contributed by atoms with E-state index in [1.807, 2.05) is 13.8 Å². The molecule has 1 rings (SSSR count). The summed E-state index contributed by atoms with van der Waals surface area (Å²) in [6, 6.07) is 1.51. The van der Waals surface area contributed by atoms with Crippen LogP contribution in [0.25, 0.3) is 0 Å². The minimum absolute atomic E-state index is 0.192. The Balaban J connectivity index is 0.000000921. The highest BCUT2D eigenvalue weighted by molar-refractivity contribution is 9.10. The van der Waals surface area contributed by atoms with Crippen LogP contribution in [0.4, 0.5) is 4.39 Å². The lowest BCUT2D eigenvalue weighted by molar-refractivity contribution is 0.371. The second-order valence-corrected chi connectivity index (χ2v) is 3.33. The molecule has 0 unspecified atom stereocenters. The van der Waals surface area contributed by atoms with Crippen molar-refractivity contribution >= 4 is 15.9 Å². The van der Waals surface area contributed by atoms with E-state index in [0.29, 0.717) is 15.8 Å². The molecule has 0 aromatic heterocycles. The first-order valence-corrected chi connectivity index (χ1v) is 5.47. The van der Waals surface area contributed by atoms with Gasteiger partial charge < -0.3 is 9.47 Å². The number of rotatable bonds is 2. The quantitative estimate of drug-likeness (QED) is 0.816. The molecule has 86 valence electrons. The van der Waals surface area contributed by atoms with Crippen molar-refractivity contribution in [2.75, 3.05) is 14.2 Å². The van der Waals surface area contributed by atoms with Crippen molar-refractivity contribution in [2.24, 2.45) is 0 Å². The molecule has 1 aromatic carbocycles. The highest BCUT2D eigenvalue weighted by atomic mass is 79.9. The van der Waals surface area contributed by atoms with Gasteiger partial charge in [-0.3, -0.25) is 0 Å². The zero-order valence-corrected chi connectivity index (χ0v) is 11.2. The molecule has 0 spiro atoms. The van der Waals surface area contributed by atoms with Crippen molar-refractivity contribution < 1.29 is 13.9 Å². The summed E-state index contributed by atoms with van der Waals surface area (Å²) in [5.41, 5.74) is 0.483. The number of ether oxygens (including phenoxy) is 2. The van der Waals surface area contributed by atoms with Gasteiger partial charge in [0.05, 0.1) is 18.7 Å². The number of halogens is 2. The van der Waals surface area contributed by atoms with Crippen LogP contribution in [0.5, 0.6) is 11.5 Å². The Morgan fingerprint density at radius 3 is 2.00 bits per heavy atom. The summed E-state index contributed by atoms with van der Waals surface area (Å²) in [4.78, 5) is 0. The van der Waals surface area contributed by atoms with Crippen LogP contribution in [-0.2, 0) is 0 Å². The second kappa shape index (κ2) is 6.67. The average Bonchev–Trinajstić information content (AvgIpc) is 2.29. The Morgan fingerprint density at radius 2 is 1.60 bits per heavy atom. The molecule has 4 heteroatoms. The summed E-state index contributed by atoms with van der Waals surface area (Å²) >= 11 is 3.23. The predicted octanol–water partition coefficient (Wildman–Crippen LogP) is 3.94. The van der Waals surface area contributed by atoms with E-state index in [2.05, 4.69) is 15.9 Å². The topological polar surface area (TPSA) is 18.5 Å². The van der Waals surface area contributed by atoms with Crippen molar-refractivity contribution in [3.63, 3.8) is 0 Å². The number of methoxy groups -OCH3 is 2. The van der Waals surface area contributed by atoms with Gasteiger partial charge in [0.15, 0.2) is 11.6 Å². The minimum atomic E-state index is -0.366. The number of benzene rings is 1. The predicted molar refractivity (Wildman–Crippen MR) is 63.3 cm³/mol. The molecule has 0 saturated heterocycles. The van der Waals surface area contributed by atoms with Gasteiger partial charge in [0.2, 0.25) is 0 Å². The maximum atomic E-state index is 13.4. The third-order valence-electron chi connectivity index (χ3n) is 1.79. The molecule has 0 amide bonds. The highest BCUT2D eigenvalue weighted by Crippen LogP contribution is 2.35. The van der Waals surface area contributed by atoms with Crippen LogP contribution in [0, 0.1) is 12.7 Å². The average molecular weight is 279 g/mol. The lowest BCUT2D eigenvalue weighted by atomic mass is 10.2. The van der Waals surface area contributed by atoms with Gasteiger partial charge in [0.25, 0.3) is 0 Å². The summed E-state index contributed by atoms with van der Waals surface area (Å²) in [5.74, 6) is 0.392. The van der Waals surface area contributed by atoms with E-state index in [1.54, 1.807) is 6.92 Å². The van der Waals surface area contributed by atoms with Gasteiger partial charge in [0, 0.05) is 11.6 Å². The smallest absolute Gasteiger partial charge is 0.169 e. The zero-order valence-electron chi connectivity index (χ0n) is 9.65. The molecule has 0 saturated carbocycles. The molecule has 0 bridgehead atoms. The Labute approximate surface area is 98.5 Å². The second-order valence-electron chi connectivity index (χ2n) is 2.53. The van der Waals surface area contributed by atoms with Crippen LogP contribution in [0.1, 0.15) is 19.4 Å². The van der Waals surface area contributed by atoms with Crippen LogP contribution in [0.15, 0.2) is 10.5 Å². The molecule has 0 aliphatic carbocycles. The van der Waals surface area contributed by atoms with E-state index in [0.717, 1.165) is 0 Å². The number of hydrogen-bond acceptors (Lipinski definition) is 2. The van der Waals surface area contributed by atoms with Crippen molar-refractivity contribution in [1.82, 2.24) is 0 Å². The number of hydrogen-bond donors (Lipinski definition) is 0. The zero-order chi connectivity index (χ0) is 12.0. The molecule has 2 nitrogen and oxygen atoms in total. The van der Waals surface area contributed by atoms with E-state index in [1.165, 1.54) is 20.3 Å². The SMILES string of the molecule is CC.COc1cc(OC)c(Br)c(C)c1F. The molecule has 0 atom stereocenters. The molecule has 0 radical (unpaired) electrons. The van der Waals surface area contributed by atoms with Gasteiger partial charge >= 0.3 is 0 Å². The third-order valence-corrected chi connectivity index (χ3v) is 2.78. The van der Waals surface area contributed by atoms with Crippen molar-refractivity contribution in [3.05, 3.63) is 21.9 Å². The van der Waals surface area contributed by atoms with Crippen LogP contribution >= 0.6 is 15.9 Å². The molecule has 15 heavy (non-hydrogen) atoms. The van der Waals surface area contributed by atoms with Gasteiger partial charge in [0.1, 0.15) is 5.75 Å². The van der Waals surface area contributed by atoms with E-state index < -0.39 is 0 Å². The molecular formula is C11H16BrFO2. The van der Waals surface area contributed by atoms with E-state index in [4.69, 9.17) is 9.47 Å². The van der Waals surface area contributed by atoms with Gasteiger partial charge in [-0.25, -0.2) is 4.39 Å². The fourth-order valence-electron chi connectivity index (χ4n) is 1.01. The summed E-state index contributed by atoms with van der Waals surface area (Å²) < 4.78 is 23.9. The van der Waals surface area contributed by atoms with Gasteiger partial charge in [-0.1, -0.05) is 13.8 Å². The first-order chi connectivity index (χ1) is 7.11. The minimum Gasteiger partial charge on any atom is -0.495 e. The Kier molecular flexibility index (Phi) is 6.32. The highest BCUT2D eigenvalue weighted by Gasteiger charge is 2.13. The molecule has 0 heterocycles. The van der Waals surface area contributed by atoms with Crippen LogP contribution in [0.3, 0.4) is 0 Å². The lowest BCUT2D eigenvalue weighted by Crippen LogP contribution is -1.95. The standard InChI is InChI=1S/C9H10BrFO2.C2H6/c1-5-8(10)6(12-2)4-7(13-3)9(5)11;1-2/h4H,1-3H3;1-2H3. The van der Waals surface area contributed by atoms with Gasteiger partial charge in [-0.2, -0.15) is 0 Å². The van der Waals surface area contributed by atoms with Crippen LogP contribution in [-0.4, -0.2) is 14.2 Å². The van der Waals surface area contributed by atoms with Gasteiger partial charge in [-0.15, -0.1) is 0 Å². The molecule has 0 aliphatic rings. The largest absolute Gasteiger partial charge is 0.495 e. The molecule has 1 aromatic rings.